The number of aliphatic hydroxyl groups excluding tert-OH is 1. The van der Waals surface area contributed by atoms with E-state index in [1.54, 1.807) is 0 Å². The van der Waals surface area contributed by atoms with Crippen LogP contribution in [0.15, 0.2) is 23.1 Å². The monoisotopic (exact) mass is 304 g/mol. The first-order valence-electron chi connectivity index (χ1n) is 5.84. The fraction of sp³-hybridized carbons (Fsp3) is 0.455. The van der Waals surface area contributed by atoms with Crippen molar-refractivity contribution in [3.8, 4) is 0 Å². The molecule has 0 radical (unpaired) electrons. The molecule has 0 bridgehead atoms. The summed E-state index contributed by atoms with van der Waals surface area (Å²) in [5, 5.41) is 19.7. The molecule has 1 aliphatic carbocycles. The van der Waals surface area contributed by atoms with E-state index < -0.39 is 36.8 Å². The lowest BCUT2D eigenvalue weighted by atomic mass is 10.1. The van der Waals surface area contributed by atoms with E-state index in [-0.39, 0.29) is 13.2 Å². The van der Waals surface area contributed by atoms with Gasteiger partial charge < -0.3 is 5.11 Å². The SMILES string of the molecule is O=[N+]([O-])c1ccc(F)c(S(=O)(=O)NCC2(CO)CC2)c1. The molecule has 1 saturated carbocycles. The maximum absolute atomic E-state index is 13.6. The third-order valence-electron chi connectivity index (χ3n) is 3.34. The number of sulfonamides is 1. The molecule has 0 saturated heterocycles. The number of nitro groups is 1. The molecular weight excluding hydrogens is 291 g/mol. The van der Waals surface area contributed by atoms with Gasteiger partial charge in [0.15, 0.2) is 0 Å². The fourth-order valence-corrected chi connectivity index (χ4v) is 2.96. The molecule has 2 N–H and O–H groups in total. The minimum absolute atomic E-state index is 0.0199. The van der Waals surface area contributed by atoms with E-state index in [9.17, 15) is 22.9 Å². The second-order valence-corrected chi connectivity index (χ2v) is 6.59. The van der Waals surface area contributed by atoms with Gasteiger partial charge in [0.1, 0.15) is 10.7 Å². The van der Waals surface area contributed by atoms with Crippen molar-refractivity contribution in [3.63, 3.8) is 0 Å². The van der Waals surface area contributed by atoms with Gasteiger partial charge in [-0.2, -0.15) is 0 Å². The normalized spacial score (nSPS) is 16.9. The number of non-ortho nitro benzene ring substituents is 1. The van der Waals surface area contributed by atoms with Gasteiger partial charge in [-0.25, -0.2) is 17.5 Å². The Hall–Kier alpha value is -1.58. The van der Waals surface area contributed by atoms with Gasteiger partial charge in [0.2, 0.25) is 10.0 Å². The predicted octanol–water partition coefficient (Wildman–Crippen LogP) is 0.785. The van der Waals surface area contributed by atoms with E-state index in [1.165, 1.54) is 0 Å². The zero-order chi connectivity index (χ0) is 15.0. The first-order valence-corrected chi connectivity index (χ1v) is 7.32. The van der Waals surface area contributed by atoms with Crippen molar-refractivity contribution in [2.24, 2.45) is 5.41 Å². The lowest BCUT2D eigenvalue weighted by Crippen LogP contribution is -2.32. The Balaban J connectivity index is 2.24. The molecular formula is C11H13FN2O5S. The molecule has 0 amide bonds. The van der Waals surface area contributed by atoms with Gasteiger partial charge in [-0.1, -0.05) is 0 Å². The average molecular weight is 304 g/mol. The van der Waals surface area contributed by atoms with E-state index in [0.29, 0.717) is 18.9 Å². The minimum Gasteiger partial charge on any atom is -0.396 e. The Morgan fingerprint density at radius 2 is 2.10 bits per heavy atom. The predicted molar refractivity (Wildman–Crippen MR) is 67.0 cm³/mol. The number of aliphatic hydroxyl groups is 1. The molecule has 0 atom stereocenters. The van der Waals surface area contributed by atoms with Gasteiger partial charge in [-0.05, 0) is 18.9 Å². The first kappa shape index (κ1) is 14.8. The van der Waals surface area contributed by atoms with Crippen LogP contribution in [-0.4, -0.2) is 31.6 Å². The number of halogens is 1. The highest BCUT2D eigenvalue weighted by Gasteiger charge is 2.42. The summed E-state index contributed by atoms with van der Waals surface area (Å²) in [4.78, 5) is 9.04. The first-order chi connectivity index (χ1) is 9.30. The molecule has 2 rings (SSSR count). The molecule has 1 aliphatic rings. The number of rotatable bonds is 6. The Bertz CT molecular complexity index is 642. The van der Waals surface area contributed by atoms with Crippen molar-refractivity contribution in [1.82, 2.24) is 4.72 Å². The zero-order valence-corrected chi connectivity index (χ0v) is 11.2. The molecule has 9 heteroatoms. The van der Waals surface area contributed by atoms with Crippen molar-refractivity contribution < 1.29 is 22.8 Å². The maximum atomic E-state index is 13.6. The molecule has 7 nitrogen and oxygen atoms in total. The zero-order valence-electron chi connectivity index (χ0n) is 10.4. The van der Waals surface area contributed by atoms with E-state index in [0.717, 1.165) is 12.1 Å². The lowest BCUT2D eigenvalue weighted by molar-refractivity contribution is -0.385. The van der Waals surface area contributed by atoms with Gasteiger partial charge in [0.25, 0.3) is 5.69 Å². The molecule has 0 aromatic heterocycles. The highest BCUT2D eigenvalue weighted by molar-refractivity contribution is 7.89. The third kappa shape index (κ3) is 2.94. The number of nitrogens with zero attached hydrogens (tertiary/aromatic N) is 1. The van der Waals surface area contributed by atoms with Crippen LogP contribution in [0.5, 0.6) is 0 Å². The van der Waals surface area contributed by atoms with Crippen molar-refractivity contribution in [2.75, 3.05) is 13.2 Å². The molecule has 0 spiro atoms. The highest BCUT2D eigenvalue weighted by atomic mass is 32.2. The van der Waals surface area contributed by atoms with Gasteiger partial charge in [-0.15, -0.1) is 0 Å². The van der Waals surface area contributed by atoms with Crippen LogP contribution in [-0.2, 0) is 10.0 Å². The molecule has 0 aliphatic heterocycles. The topological polar surface area (TPSA) is 110 Å². The fourth-order valence-electron chi connectivity index (χ4n) is 1.70. The summed E-state index contributed by atoms with van der Waals surface area (Å²) in [6.45, 7) is -0.180. The van der Waals surface area contributed by atoms with Crippen LogP contribution in [0.25, 0.3) is 0 Å². The summed E-state index contributed by atoms with van der Waals surface area (Å²) in [6, 6.07) is 2.31. The highest BCUT2D eigenvalue weighted by Crippen LogP contribution is 2.44. The van der Waals surface area contributed by atoms with Crippen LogP contribution < -0.4 is 4.72 Å². The Labute approximate surface area is 114 Å². The average Bonchev–Trinajstić information content (AvgIpc) is 3.17. The van der Waals surface area contributed by atoms with Crippen molar-refractivity contribution in [1.29, 1.82) is 0 Å². The minimum atomic E-state index is -4.19. The second-order valence-electron chi connectivity index (χ2n) is 4.85. The maximum Gasteiger partial charge on any atom is 0.270 e. The standard InChI is InChI=1S/C11H13FN2O5S/c12-9-2-1-8(14(16)17)5-10(9)20(18,19)13-6-11(7-15)3-4-11/h1-2,5,13,15H,3-4,6-7H2. The van der Waals surface area contributed by atoms with E-state index in [4.69, 9.17) is 5.11 Å². The molecule has 110 valence electrons. The smallest absolute Gasteiger partial charge is 0.270 e. The molecule has 1 fully saturated rings. The van der Waals surface area contributed by atoms with Crippen LogP contribution in [0.4, 0.5) is 10.1 Å². The Morgan fingerprint density at radius 3 is 2.60 bits per heavy atom. The Morgan fingerprint density at radius 1 is 1.45 bits per heavy atom. The van der Waals surface area contributed by atoms with Crippen LogP contribution in [0, 0.1) is 21.3 Å². The number of hydrogen-bond acceptors (Lipinski definition) is 5. The van der Waals surface area contributed by atoms with Crippen LogP contribution >= 0.6 is 0 Å². The summed E-state index contributed by atoms with van der Waals surface area (Å²) < 4.78 is 39.7. The summed E-state index contributed by atoms with van der Waals surface area (Å²) in [5.74, 6) is -1.06. The van der Waals surface area contributed by atoms with Crippen molar-refractivity contribution in [2.45, 2.75) is 17.7 Å². The van der Waals surface area contributed by atoms with Gasteiger partial charge in [0, 0.05) is 30.7 Å². The number of nitro benzene ring substituents is 1. The molecule has 0 heterocycles. The van der Waals surface area contributed by atoms with Gasteiger partial charge >= 0.3 is 0 Å². The molecule has 20 heavy (non-hydrogen) atoms. The number of benzene rings is 1. The largest absolute Gasteiger partial charge is 0.396 e. The second kappa shape index (κ2) is 5.08. The number of hydrogen-bond donors (Lipinski definition) is 2. The molecule has 1 aromatic carbocycles. The summed E-state index contributed by atoms with van der Waals surface area (Å²) in [7, 11) is -4.19. The van der Waals surface area contributed by atoms with Crippen molar-refractivity contribution in [3.05, 3.63) is 34.1 Å². The van der Waals surface area contributed by atoms with E-state index in [1.807, 2.05) is 0 Å². The quantitative estimate of drug-likeness (QED) is 0.596. The molecule has 1 aromatic rings. The van der Waals surface area contributed by atoms with Gasteiger partial charge in [0.05, 0.1) is 4.92 Å². The lowest BCUT2D eigenvalue weighted by Gasteiger charge is -2.13. The van der Waals surface area contributed by atoms with Gasteiger partial charge in [-0.3, -0.25) is 10.1 Å². The van der Waals surface area contributed by atoms with Crippen LogP contribution in [0.2, 0.25) is 0 Å². The van der Waals surface area contributed by atoms with E-state index >= 15 is 0 Å². The summed E-state index contributed by atoms with van der Waals surface area (Å²) >= 11 is 0. The number of nitrogens with one attached hydrogen (secondary N) is 1. The van der Waals surface area contributed by atoms with E-state index in [2.05, 4.69) is 4.72 Å². The van der Waals surface area contributed by atoms with Crippen LogP contribution in [0.1, 0.15) is 12.8 Å². The summed E-state index contributed by atoms with van der Waals surface area (Å²) in [6.07, 6.45) is 1.37. The van der Waals surface area contributed by atoms with Crippen LogP contribution in [0.3, 0.4) is 0 Å². The molecule has 0 unspecified atom stereocenters. The third-order valence-corrected chi connectivity index (χ3v) is 4.76. The Kier molecular flexibility index (Phi) is 3.76. The van der Waals surface area contributed by atoms with Crippen molar-refractivity contribution >= 4 is 15.7 Å². The summed E-state index contributed by atoms with van der Waals surface area (Å²) in [5.41, 5.74) is -0.986.